The third kappa shape index (κ3) is 7.41. The number of benzene rings is 1. The Morgan fingerprint density at radius 2 is 1.97 bits per heavy atom. The van der Waals surface area contributed by atoms with Crippen molar-refractivity contribution < 1.29 is 19.4 Å². The summed E-state index contributed by atoms with van der Waals surface area (Å²) >= 11 is 2.52. The minimum atomic E-state index is -0.872. The minimum Gasteiger partial charge on any atom is -0.497 e. The fourth-order valence-electron chi connectivity index (χ4n) is 3.93. The maximum Gasteiger partial charge on any atom is 0.323 e. The van der Waals surface area contributed by atoms with Gasteiger partial charge in [0.15, 0.2) is 5.13 Å². The zero-order chi connectivity index (χ0) is 22.9. The summed E-state index contributed by atoms with van der Waals surface area (Å²) in [6.07, 6.45) is 7.71. The summed E-state index contributed by atoms with van der Waals surface area (Å²) in [5.74, 6) is 0.662. The number of hydrogen-bond donors (Lipinski definition) is 2. The Bertz CT molecular complexity index is 880. The maximum atomic E-state index is 13.2. The van der Waals surface area contributed by atoms with E-state index in [9.17, 15) is 9.59 Å². The quantitative estimate of drug-likeness (QED) is 0.447. The molecule has 2 amide bonds. The summed E-state index contributed by atoms with van der Waals surface area (Å²) in [6.45, 7) is 2.96. The van der Waals surface area contributed by atoms with E-state index < -0.39 is 5.97 Å². The summed E-state index contributed by atoms with van der Waals surface area (Å²) in [7, 11) is 1.66. The number of urea groups is 1. The molecule has 1 saturated carbocycles. The largest absolute Gasteiger partial charge is 0.497 e. The number of thiazole rings is 1. The average Bonchev–Trinajstić information content (AvgIpc) is 3.23. The first-order chi connectivity index (χ1) is 15.4. The van der Waals surface area contributed by atoms with Gasteiger partial charge in [-0.2, -0.15) is 0 Å². The molecule has 32 heavy (non-hydrogen) atoms. The number of methoxy groups -OCH3 is 1. The number of thioether (sulfide) groups is 1. The molecule has 2 N–H and O–H groups in total. The molecule has 1 fully saturated rings. The number of aryl methyl sites for hydroxylation is 1. The van der Waals surface area contributed by atoms with Crippen LogP contribution in [0.25, 0.3) is 0 Å². The molecular weight excluding hydrogens is 446 g/mol. The lowest BCUT2D eigenvalue weighted by Gasteiger charge is -2.36. The third-order valence-electron chi connectivity index (χ3n) is 5.75. The molecule has 0 unspecified atom stereocenters. The van der Waals surface area contributed by atoms with Crippen molar-refractivity contribution in [3.05, 3.63) is 36.0 Å². The highest BCUT2D eigenvalue weighted by Gasteiger charge is 2.27. The second-order valence-electron chi connectivity index (χ2n) is 8.16. The number of carbonyl (C=O) groups excluding carboxylic acids is 1. The highest BCUT2D eigenvalue weighted by atomic mass is 32.2. The van der Waals surface area contributed by atoms with E-state index in [-0.39, 0.29) is 17.8 Å². The van der Waals surface area contributed by atoms with Crippen LogP contribution in [0.15, 0.2) is 34.7 Å². The second-order valence-corrected chi connectivity index (χ2v) is 10.5. The van der Waals surface area contributed by atoms with Crippen LogP contribution in [0.5, 0.6) is 5.75 Å². The van der Waals surface area contributed by atoms with Crippen molar-refractivity contribution in [2.75, 3.05) is 24.7 Å². The fraction of sp³-hybridized carbons (Fsp3) is 0.522. The van der Waals surface area contributed by atoms with Crippen LogP contribution in [0.4, 0.5) is 9.93 Å². The molecule has 0 aliphatic heterocycles. The normalized spacial score (nSPS) is 18.2. The molecule has 7 nitrogen and oxygen atoms in total. The van der Waals surface area contributed by atoms with Crippen LogP contribution in [0.1, 0.15) is 44.6 Å². The first-order valence-corrected chi connectivity index (χ1v) is 12.8. The lowest BCUT2D eigenvalue weighted by Crippen LogP contribution is -2.45. The van der Waals surface area contributed by atoms with Crippen molar-refractivity contribution in [3.8, 4) is 5.75 Å². The summed E-state index contributed by atoms with van der Waals surface area (Å²) in [6, 6.07) is 8.18. The fourth-order valence-corrected chi connectivity index (χ4v) is 5.51. The lowest BCUT2D eigenvalue weighted by atomic mass is 9.86. The minimum absolute atomic E-state index is 0.0205. The second kappa shape index (κ2) is 12.1. The molecule has 9 heteroatoms. The number of nitrogens with one attached hydrogen (secondary N) is 1. The zero-order valence-electron chi connectivity index (χ0n) is 18.6. The molecule has 3 rings (SSSR count). The van der Waals surface area contributed by atoms with Crippen molar-refractivity contribution in [1.29, 1.82) is 0 Å². The van der Waals surface area contributed by atoms with Gasteiger partial charge in [-0.1, -0.05) is 30.4 Å². The summed E-state index contributed by atoms with van der Waals surface area (Å²) < 4.78 is 6.00. The molecule has 174 valence electrons. The Morgan fingerprint density at radius 3 is 2.62 bits per heavy atom. The van der Waals surface area contributed by atoms with E-state index in [4.69, 9.17) is 9.84 Å². The van der Waals surface area contributed by atoms with Crippen molar-refractivity contribution in [1.82, 2.24) is 9.88 Å². The van der Waals surface area contributed by atoms with Gasteiger partial charge in [-0.3, -0.25) is 10.1 Å². The van der Waals surface area contributed by atoms with E-state index in [0.29, 0.717) is 17.6 Å². The number of carboxylic acids is 1. The van der Waals surface area contributed by atoms with Gasteiger partial charge in [0.1, 0.15) is 5.75 Å². The molecule has 0 bridgehead atoms. The van der Waals surface area contributed by atoms with Gasteiger partial charge in [0, 0.05) is 12.6 Å². The molecule has 1 aliphatic rings. The van der Waals surface area contributed by atoms with Gasteiger partial charge in [0.25, 0.3) is 0 Å². The molecule has 2 aromatic rings. The number of aliphatic carboxylic acids is 1. The number of carboxylic acid groups (broad SMARTS) is 1. The van der Waals surface area contributed by atoms with Gasteiger partial charge in [0.05, 0.1) is 23.3 Å². The van der Waals surface area contributed by atoms with Crippen LogP contribution in [-0.2, 0) is 11.2 Å². The predicted octanol–water partition coefficient (Wildman–Crippen LogP) is 5.37. The summed E-state index contributed by atoms with van der Waals surface area (Å²) in [5.41, 5.74) is 1.23. The van der Waals surface area contributed by atoms with E-state index in [1.807, 2.05) is 17.0 Å². The SMILES string of the molecule is COc1ccc(CCCN(C(=O)Nc2ncc(SCC(=O)O)s2)[C@H]2CC[C@H](C)CC2)cc1. The van der Waals surface area contributed by atoms with E-state index in [1.54, 1.807) is 13.3 Å². The van der Waals surface area contributed by atoms with Gasteiger partial charge >= 0.3 is 12.0 Å². The average molecular weight is 478 g/mol. The first-order valence-electron chi connectivity index (χ1n) is 11.0. The van der Waals surface area contributed by atoms with Crippen LogP contribution < -0.4 is 10.1 Å². The molecule has 0 atom stereocenters. The number of rotatable bonds is 10. The number of nitrogens with zero attached hydrogens (tertiary/aromatic N) is 2. The van der Waals surface area contributed by atoms with E-state index >= 15 is 0 Å². The van der Waals surface area contributed by atoms with Crippen molar-refractivity contribution in [3.63, 3.8) is 0 Å². The molecule has 0 saturated heterocycles. The van der Waals surface area contributed by atoms with Gasteiger partial charge in [-0.05, 0) is 62.1 Å². The molecule has 1 aromatic carbocycles. The Labute approximate surface area is 197 Å². The molecule has 1 aromatic heterocycles. The van der Waals surface area contributed by atoms with Crippen molar-refractivity contribution >= 4 is 40.2 Å². The van der Waals surface area contributed by atoms with E-state index in [2.05, 4.69) is 29.4 Å². The first kappa shape index (κ1) is 24.4. The molecule has 0 spiro atoms. The summed E-state index contributed by atoms with van der Waals surface area (Å²) in [5, 5.41) is 12.3. The van der Waals surface area contributed by atoms with Crippen molar-refractivity contribution in [2.45, 2.75) is 55.7 Å². The van der Waals surface area contributed by atoms with Crippen molar-refractivity contribution in [2.24, 2.45) is 5.92 Å². The Morgan fingerprint density at radius 1 is 1.25 bits per heavy atom. The molecule has 1 aliphatic carbocycles. The number of aromatic nitrogens is 1. The maximum absolute atomic E-state index is 13.2. The number of ether oxygens (including phenoxy) is 1. The summed E-state index contributed by atoms with van der Waals surface area (Å²) in [4.78, 5) is 30.1. The van der Waals surface area contributed by atoms with E-state index in [0.717, 1.165) is 48.5 Å². The van der Waals surface area contributed by atoms with Crippen LogP contribution in [-0.4, -0.2) is 52.4 Å². The highest BCUT2D eigenvalue weighted by molar-refractivity contribution is 8.01. The van der Waals surface area contributed by atoms with Gasteiger partial charge in [-0.15, -0.1) is 11.8 Å². The van der Waals surface area contributed by atoms with E-state index in [1.165, 1.54) is 28.7 Å². The van der Waals surface area contributed by atoms with Crippen LogP contribution in [0, 0.1) is 5.92 Å². The number of amides is 2. The Kier molecular flexibility index (Phi) is 9.23. The highest BCUT2D eigenvalue weighted by Crippen LogP contribution is 2.30. The van der Waals surface area contributed by atoms with Crippen LogP contribution in [0.3, 0.4) is 0 Å². The number of anilines is 1. The monoisotopic (exact) mass is 477 g/mol. The smallest absolute Gasteiger partial charge is 0.323 e. The predicted molar refractivity (Wildman–Crippen MR) is 129 cm³/mol. The van der Waals surface area contributed by atoms with Crippen LogP contribution >= 0.6 is 23.1 Å². The standard InChI is InChI=1S/C23H31N3O4S2/c1-16-5-9-18(10-6-16)26(13-3-4-17-7-11-19(30-2)12-8-17)23(29)25-22-24-14-21(32-22)31-15-20(27)28/h7-8,11-12,14,16,18H,3-6,9-10,13,15H2,1-2H3,(H,27,28)(H,24,25,29)/t16-,18-. The van der Waals surface area contributed by atoms with Gasteiger partial charge in [-0.25, -0.2) is 9.78 Å². The molecular formula is C23H31N3O4S2. The molecule has 0 radical (unpaired) electrons. The van der Waals surface area contributed by atoms with Gasteiger partial charge in [0.2, 0.25) is 0 Å². The Hall–Kier alpha value is -2.26. The zero-order valence-corrected chi connectivity index (χ0v) is 20.2. The number of hydrogen-bond acceptors (Lipinski definition) is 6. The lowest BCUT2D eigenvalue weighted by molar-refractivity contribution is -0.133. The Balaban J connectivity index is 1.59. The topological polar surface area (TPSA) is 91.8 Å². The van der Waals surface area contributed by atoms with Crippen LogP contribution in [0.2, 0.25) is 0 Å². The molecule has 1 heterocycles. The third-order valence-corrected chi connectivity index (χ3v) is 7.84. The van der Waals surface area contributed by atoms with Gasteiger partial charge < -0.3 is 14.7 Å². The number of carbonyl (C=O) groups is 2.